The SMILES string of the molecule is CC(C)(C#N)C/C=N/CC(=O)OC(C)(C)C. The van der Waals surface area contributed by atoms with Crippen LogP contribution in [0, 0.1) is 16.7 Å². The maximum absolute atomic E-state index is 11.3. The van der Waals surface area contributed by atoms with Crippen LogP contribution in [0.3, 0.4) is 0 Å². The lowest BCUT2D eigenvalue weighted by molar-refractivity contribution is -0.152. The summed E-state index contributed by atoms with van der Waals surface area (Å²) in [5.41, 5.74) is -0.907. The number of rotatable bonds is 4. The Hall–Kier alpha value is -1.37. The molecule has 90 valence electrons. The largest absolute Gasteiger partial charge is 0.459 e. The zero-order chi connectivity index (χ0) is 12.8. The first-order valence-electron chi connectivity index (χ1n) is 5.28. The number of hydrogen-bond acceptors (Lipinski definition) is 4. The highest BCUT2D eigenvalue weighted by atomic mass is 16.6. The standard InChI is InChI=1S/C12H20N2O2/c1-11(2,3)16-10(15)8-14-7-6-12(4,5)9-13/h7H,6,8H2,1-5H3/b14-7+. The predicted molar refractivity (Wildman–Crippen MR) is 63.2 cm³/mol. The first-order valence-corrected chi connectivity index (χ1v) is 5.28. The molecular formula is C12H20N2O2. The summed E-state index contributed by atoms with van der Waals surface area (Å²) in [4.78, 5) is 15.2. The van der Waals surface area contributed by atoms with Gasteiger partial charge in [0, 0.05) is 12.6 Å². The smallest absolute Gasteiger partial charge is 0.328 e. The van der Waals surface area contributed by atoms with Crippen LogP contribution in [-0.4, -0.2) is 24.3 Å². The maximum Gasteiger partial charge on any atom is 0.328 e. The lowest BCUT2D eigenvalue weighted by Gasteiger charge is -2.18. The Morgan fingerprint density at radius 1 is 1.38 bits per heavy atom. The van der Waals surface area contributed by atoms with Crippen LogP contribution in [0.2, 0.25) is 0 Å². The van der Waals surface area contributed by atoms with Crippen molar-refractivity contribution in [2.75, 3.05) is 6.54 Å². The molecule has 0 spiro atoms. The first-order chi connectivity index (χ1) is 7.16. The Balaban J connectivity index is 3.95. The molecule has 0 amide bonds. The molecule has 0 fully saturated rings. The van der Waals surface area contributed by atoms with Crippen LogP contribution in [0.15, 0.2) is 4.99 Å². The number of nitriles is 1. The van der Waals surface area contributed by atoms with Gasteiger partial charge in [-0.25, -0.2) is 0 Å². The van der Waals surface area contributed by atoms with Crippen LogP contribution in [0.25, 0.3) is 0 Å². The van der Waals surface area contributed by atoms with Gasteiger partial charge in [0.1, 0.15) is 12.1 Å². The van der Waals surface area contributed by atoms with Crippen LogP contribution in [-0.2, 0) is 9.53 Å². The minimum Gasteiger partial charge on any atom is -0.459 e. The van der Waals surface area contributed by atoms with Crippen LogP contribution in [0.5, 0.6) is 0 Å². The van der Waals surface area contributed by atoms with Gasteiger partial charge in [-0.2, -0.15) is 5.26 Å². The Kier molecular flexibility index (Phi) is 5.16. The fraction of sp³-hybridized carbons (Fsp3) is 0.750. The first kappa shape index (κ1) is 14.6. The van der Waals surface area contributed by atoms with E-state index in [1.54, 1.807) is 6.21 Å². The number of carbonyl (C=O) groups excluding carboxylic acids is 1. The number of aliphatic imine (C=N–C) groups is 1. The van der Waals surface area contributed by atoms with E-state index in [0.717, 1.165) is 0 Å². The maximum atomic E-state index is 11.3. The number of hydrogen-bond donors (Lipinski definition) is 0. The molecule has 0 aromatic rings. The van der Waals surface area contributed by atoms with Crippen molar-refractivity contribution in [2.45, 2.75) is 46.6 Å². The van der Waals surface area contributed by atoms with E-state index in [1.807, 2.05) is 34.6 Å². The van der Waals surface area contributed by atoms with Gasteiger partial charge in [-0.05, 0) is 34.6 Å². The Morgan fingerprint density at radius 2 is 1.94 bits per heavy atom. The van der Waals surface area contributed by atoms with E-state index in [-0.39, 0.29) is 12.5 Å². The van der Waals surface area contributed by atoms with Gasteiger partial charge in [-0.1, -0.05) is 0 Å². The Morgan fingerprint density at radius 3 is 2.38 bits per heavy atom. The fourth-order valence-electron chi connectivity index (χ4n) is 0.851. The molecule has 0 aliphatic rings. The minimum absolute atomic E-state index is 0.0127. The molecule has 0 aliphatic heterocycles. The number of ether oxygens (including phenoxy) is 1. The van der Waals surface area contributed by atoms with Gasteiger partial charge in [0.05, 0.1) is 11.5 Å². The lowest BCUT2D eigenvalue weighted by atomic mass is 9.92. The summed E-state index contributed by atoms with van der Waals surface area (Å²) in [6.07, 6.45) is 2.14. The zero-order valence-electron chi connectivity index (χ0n) is 10.7. The average Bonchev–Trinajstić information content (AvgIpc) is 2.10. The van der Waals surface area contributed by atoms with E-state index >= 15 is 0 Å². The van der Waals surface area contributed by atoms with E-state index in [2.05, 4.69) is 11.1 Å². The van der Waals surface area contributed by atoms with E-state index in [1.165, 1.54) is 0 Å². The van der Waals surface area contributed by atoms with Crippen LogP contribution in [0.4, 0.5) is 0 Å². The number of esters is 1. The number of nitrogens with zero attached hydrogens (tertiary/aromatic N) is 2. The van der Waals surface area contributed by atoms with Crippen LogP contribution >= 0.6 is 0 Å². The highest BCUT2D eigenvalue weighted by Crippen LogP contribution is 2.16. The molecule has 0 aliphatic carbocycles. The Bertz CT molecular complexity index is 306. The molecule has 0 heterocycles. The van der Waals surface area contributed by atoms with Crippen molar-refractivity contribution in [2.24, 2.45) is 10.4 Å². The highest BCUT2D eigenvalue weighted by molar-refractivity contribution is 5.74. The third-order valence-corrected chi connectivity index (χ3v) is 1.67. The summed E-state index contributed by atoms with van der Waals surface area (Å²) in [5, 5.41) is 8.75. The highest BCUT2D eigenvalue weighted by Gasteiger charge is 2.16. The average molecular weight is 224 g/mol. The normalized spacial score (nSPS) is 12.5. The summed E-state index contributed by atoms with van der Waals surface area (Å²) in [6.45, 7) is 9.10. The second-order valence-corrected chi connectivity index (χ2v) is 5.31. The monoisotopic (exact) mass is 224 g/mol. The molecule has 0 saturated carbocycles. The molecule has 4 heteroatoms. The molecule has 0 aromatic heterocycles. The van der Waals surface area contributed by atoms with Crippen molar-refractivity contribution in [1.82, 2.24) is 0 Å². The van der Waals surface area contributed by atoms with Crippen molar-refractivity contribution >= 4 is 12.2 Å². The van der Waals surface area contributed by atoms with E-state index < -0.39 is 11.0 Å². The van der Waals surface area contributed by atoms with Gasteiger partial charge < -0.3 is 4.74 Å². The second kappa shape index (κ2) is 5.64. The van der Waals surface area contributed by atoms with Crippen LogP contribution in [0.1, 0.15) is 41.0 Å². The molecule has 0 unspecified atom stereocenters. The van der Waals surface area contributed by atoms with Gasteiger partial charge in [-0.3, -0.25) is 9.79 Å². The van der Waals surface area contributed by atoms with Crippen molar-refractivity contribution in [3.63, 3.8) is 0 Å². The quantitative estimate of drug-likeness (QED) is 0.544. The summed E-state index contributed by atoms with van der Waals surface area (Å²) < 4.78 is 5.08. The van der Waals surface area contributed by atoms with Crippen molar-refractivity contribution in [3.8, 4) is 6.07 Å². The minimum atomic E-state index is -0.474. The lowest BCUT2D eigenvalue weighted by Crippen LogP contribution is -2.25. The molecule has 0 radical (unpaired) electrons. The van der Waals surface area contributed by atoms with Gasteiger partial charge in [0.15, 0.2) is 0 Å². The molecule has 0 saturated heterocycles. The fourth-order valence-corrected chi connectivity index (χ4v) is 0.851. The summed E-state index contributed by atoms with van der Waals surface area (Å²) in [7, 11) is 0. The van der Waals surface area contributed by atoms with E-state index in [9.17, 15) is 4.79 Å². The molecule has 4 nitrogen and oxygen atoms in total. The summed E-state index contributed by atoms with van der Waals surface area (Å²) in [6, 6.07) is 2.16. The van der Waals surface area contributed by atoms with Crippen molar-refractivity contribution < 1.29 is 9.53 Å². The molecular weight excluding hydrogens is 204 g/mol. The second-order valence-electron chi connectivity index (χ2n) is 5.31. The molecule has 0 N–H and O–H groups in total. The van der Waals surface area contributed by atoms with E-state index in [4.69, 9.17) is 10.00 Å². The Labute approximate surface area is 97.3 Å². The van der Waals surface area contributed by atoms with Crippen molar-refractivity contribution in [3.05, 3.63) is 0 Å². The number of carbonyl (C=O) groups is 1. The topological polar surface area (TPSA) is 62.5 Å². The molecule has 0 bridgehead atoms. The third kappa shape index (κ3) is 7.98. The van der Waals surface area contributed by atoms with Crippen molar-refractivity contribution in [1.29, 1.82) is 5.26 Å². The molecule has 0 rings (SSSR count). The third-order valence-electron chi connectivity index (χ3n) is 1.67. The summed E-state index contributed by atoms with van der Waals surface area (Å²) >= 11 is 0. The van der Waals surface area contributed by atoms with Gasteiger partial charge in [0.25, 0.3) is 0 Å². The van der Waals surface area contributed by atoms with Crippen LogP contribution < -0.4 is 0 Å². The van der Waals surface area contributed by atoms with E-state index in [0.29, 0.717) is 6.42 Å². The van der Waals surface area contributed by atoms with Gasteiger partial charge >= 0.3 is 5.97 Å². The van der Waals surface area contributed by atoms with Gasteiger partial charge in [-0.15, -0.1) is 0 Å². The van der Waals surface area contributed by atoms with Gasteiger partial charge in [0.2, 0.25) is 0 Å². The predicted octanol–water partition coefficient (Wildman–Crippen LogP) is 2.34. The summed E-state index contributed by atoms with van der Waals surface area (Å²) in [5.74, 6) is -0.349. The molecule has 0 atom stereocenters. The zero-order valence-corrected chi connectivity index (χ0v) is 10.7. The molecule has 16 heavy (non-hydrogen) atoms. The molecule has 0 aromatic carbocycles.